The smallest absolute Gasteiger partial charge is 1.00 e. The topological polar surface area (TPSA) is 0 Å². The van der Waals surface area contributed by atoms with Gasteiger partial charge in [-0.2, -0.15) is 0 Å². The summed E-state index contributed by atoms with van der Waals surface area (Å²) in [6.07, 6.45) is 2.51. The first kappa shape index (κ1) is 24.7. The standard InChI is InChI=1S/C20H21Si.3ClH.Ti/c1-16-14-17(2)20(15-16)21(3,18-10-6-4-7-11-18)19-12-8-5-9-13-19;;;;/h4-13,15-16H,1-3H3;3*1H;/q;;;;+3/p-3. The van der Waals surface area contributed by atoms with E-state index in [9.17, 15) is 0 Å². The van der Waals surface area contributed by atoms with Crippen LogP contribution in [0.2, 0.25) is 6.55 Å². The van der Waals surface area contributed by atoms with Crippen molar-refractivity contribution >= 4 is 18.4 Å². The first-order valence-electron chi connectivity index (χ1n) is 7.81. The molecule has 0 amide bonds. The Kier molecular flexibility index (Phi) is 10.0. The van der Waals surface area contributed by atoms with Gasteiger partial charge in [-0.25, -0.2) is 0 Å². The molecule has 0 heterocycles. The molecule has 0 saturated heterocycles. The molecule has 0 bridgehead atoms. The molecule has 0 nitrogen and oxygen atoms in total. The zero-order chi connectivity index (χ0) is 15.7. The molecule has 1 atom stereocenters. The summed E-state index contributed by atoms with van der Waals surface area (Å²) in [5, 5.41) is 4.58. The van der Waals surface area contributed by atoms with E-state index in [4.69, 9.17) is 0 Å². The second-order valence-electron chi connectivity index (χ2n) is 6.26. The average Bonchev–Trinajstić information content (AvgIpc) is 2.83. The molecule has 2 aromatic rings. The Bertz CT molecular complexity index is 703. The molecule has 1 aliphatic carbocycles. The van der Waals surface area contributed by atoms with E-state index in [1.807, 2.05) is 0 Å². The van der Waals surface area contributed by atoms with Crippen LogP contribution in [0, 0.1) is 5.92 Å². The molecule has 1 unspecified atom stereocenters. The van der Waals surface area contributed by atoms with E-state index in [0.29, 0.717) is 5.92 Å². The Balaban J connectivity index is 0.00000192. The van der Waals surface area contributed by atoms with Crippen LogP contribution in [-0.2, 0) is 20.4 Å². The Labute approximate surface area is 182 Å². The second kappa shape index (κ2) is 10.2. The minimum absolute atomic E-state index is 0. The van der Waals surface area contributed by atoms with Crippen LogP contribution in [0.5, 0.6) is 0 Å². The van der Waals surface area contributed by atoms with E-state index in [1.54, 1.807) is 5.20 Å². The van der Waals surface area contributed by atoms with Gasteiger partial charge in [0, 0.05) is 0 Å². The van der Waals surface area contributed by atoms with Gasteiger partial charge in [0.25, 0.3) is 0 Å². The Morgan fingerprint density at radius 2 is 1.20 bits per heavy atom. The second-order valence-corrected chi connectivity index (χ2v) is 11.0. The monoisotopic (exact) mass is 442 g/mol. The van der Waals surface area contributed by atoms with Crippen LogP contribution < -0.4 is 47.6 Å². The maximum absolute atomic E-state index is 2.51. The van der Waals surface area contributed by atoms with E-state index in [0.717, 1.165) is 0 Å². The summed E-state index contributed by atoms with van der Waals surface area (Å²) in [5.41, 5.74) is 1.51. The van der Waals surface area contributed by atoms with Gasteiger partial charge in [0.2, 0.25) is 0 Å². The van der Waals surface area contributed by atoms with Crippen LogP contribution in [0.25, 0.3) is 0 Å². The van der Waals surface area contributed by atoms with Crippen molar-refractivity contribution < 1.29 is 57.7 Å². The number of hydrogen-bond donors (Lipinski definition) is 0. The quantitative estimate of drug-likeness (QED) is 0.416. The van der Waals surface area contributed by atoms with Crippen LogP contribution in [0.15, 0.2) is 81.4 Å². The fourth-order valence-electron chi connectivity index (χ4n) is 3.51. The van der Waals surface area contributed by atoms with Gasteiger partial charge in [0.05, 0.1) is 0 Å². The van der Waals surface area contributed by atoms with Crippen molar-refractivity contribution in [1.29, 1.82) is 0 Å². The summed E-state index contributed by atoms with van der Waals surface area (Å²) >= 11 is 2.29. The van der Waals surface area contributed by atoms with Crippen LogP contribution in [-0.4, -0.2) is 8.07 Å². The molecule has 1 aliphatic rings. The predicted octanol–water partition coefficient (Wildman–Crippen LogP) is -5.17. The molecule has 0 N–H and O–H groups in total. The Morgan fingerprint density at radius 3 is 1.52 bits per heavy atom. The van der Waals surface area contributed by atoms with Gasteiger partial charge >= 0.3 is 147 Å². The van der Waals surface area contributed by atoms with Gasteiger partial charge in [0.1, 0.15) is 0 Å². The van der Waals surface area contributed by atoms with Crippen LogP contribution >= 0.6 is 0 Å². The predicted molar refractivity (Wildman–Crippen MR) is 93.7 cm³/mol. The van der Waals surface area contributed by atoms with Crippen molar-refractivity contribution in [2.75, 3.05) is 0 Å². The summed E-state index contributed by atoms with van der Waals surface area (Å²) < 4.78 is 1.53. The summed E-state index contributed by atoms with van der Waals surface area (Å²) in [4.78, 5) is 0. The van der Waals surface area contributed by atoms with Crippen LogP contribution in [0.1, 0.15) is 13.8 Å². The van der Waals surface area contributed by atoms with E-state index in [2.05, 4.69) is 108 Å². The average molecular weight is 444 g/mol. The maximum atomic E-state index is 2.51. The Morgan fingerprint density at radius 1 is 0.800 bits per heavy atom. The molecule has 3 rings (SSSR count). The molecule has 0 aromatic heterocycles. The minimum Gasteiger partial charge on any atom is -1.00 e. The molecule has 0 spiro atoms. The third kappa shape index (κ3) is 4.53. The van der Waals surface area contributed by atoms with Crippen molar-refractivity contribution in [3.8, 4) is 0 Å². The fourth-order valence-corrected chi connectivity index (χ4v) is 8.18. The van der Waals surface area contributed by atoms with Crippen LogP contribution in [0.3, 0.4) is 0 Å². The molecule has 0 aliphatic heterocycles. The molecule has 5 heteroatoms. The number of hydrogen-bond acceptors (Lipinski definition) is 0. The van der Waals surface area contributed by atoms with Gasteiger partial charge < -0.3 is 37.2 Å². The van der Waals surface area contributed by atoms with Gasteiger partial charge in [0.15, 0.2) is 0 Å². The summed E-state index contributed by atoms with van der Waals surface area (Å²) in [6.45, 7) is 7.12. The van der Waals surface area contributed by atoms with Gasteiger partial charge in [-0.05, 0) is 0 Å². The maximum Gasteiger partial charge on any atom is -1.00 e. The largest absolute Gasteiger partial charge is 1.00 e. The van der Waals surface area contributed by atoms with Crippen molar-refractivity contribution in [1.82, 2.24) is 0 Å². The molecule has 0 saturated carbocycles. The SMILES string of the molecule is CC1=[C]([Ti+3])C(C)C=C1[Si](C)(c1ccccc1)c1ccccc1.[Cl-].[Cl-].[Cl-]. The zero-order valence-corrected chi connectivity index (χ0v) is 19.4. The molecule has 0 radical (unpaired) electrons. The summed E-state index contributed by atoms with van der Waals surface area (Å²) in [5.74, 6) is 0.564. The summed E-state index contributed by atoms with van der Waals surface area (Å²) in [6, 6.07) is 22.2. The molecular weight excluding hydrogens is 423 g/mol. The number of rotatable bonds is 3. The molecule has 130 valence electrons. The van der Waals surface area contributed by atoms with E-state index in [-0.39, 0.29) is 37.2 Å². The number of allylic oxidation sites excluding steroid dienone is 4. The van der Waals surface area contributed by atoms with Crippen molar-refractivity contribution in [3.05, 3.63) is 81.4 Å². The molecule has 2 aromatic carbocycles. The normalized spacial score (nSPS) is 16.4. The fraction of sp³-hybridized carbons (Fsp3) is 0.200. The Hall–Kier alpha value is -0.279. The van der Waals surface area contributed by atoms with E-state index in [1.165, 1.54) is 19.8 Å². The number of halogens is 3. The molecular formula is C20H21Cl3SiTi. The van der Waals surface area contributed by atoms with Crippen molar-refractivity contribution in [3.63, 3.8) is 0 Å². The van der Waals surface area contributed by atoms with Crippen LogP contribution in [0.4, 0.5) is 0 Å². The van der Waals surface area contributed by atoms with Gasteiger partial charge in [-0.1, -0.05) is 0 Å². The van der Waals surface area contributed by atoms with Gasteiger partial charge in [-0.15, -0.1) is 0 Å². The molecule has 0 fully saturated rings. The van der Waals surface area contributed by atoms with Crippen molar-refractivity contribution in [2.45, 2.75) is 20.4 Å². The van der Waals surface area contributed by atoms with E-state index < -0.39 is 8.07 Å². The third-order valence-corrected chi connectivity index (χ3v) is 10.8. The van der Waals surface area contributed by atoms with E-state index >= 15 is 0 Å². The molecule has 25 heavy (non-hydrogen) atoms. The zero-order valence-electron chi connectivity index (χ0n) is 14.6. The number of benzene rings is 2. The minimum atomic E-state index is -1.91. The first-order valence-corrected chi connectivity index (χ1v) is 11.1. The first-order chi connectivity index (χ1) is 10.5. The third-order valence-electron chi connectivity index (χ3n) is 4.92. The van der Waals surface area contributed by atoms with Gasteiger partial charge in [-0.3, -0.25) is 0 Å². The summed E-state index contributed by atoms with van der Waals surface area (Å²) in [7, 11) is -1.91. The van der Waals surface area contributed by atoms with Crippen molar-refractivity contribution in [2.24, 2.45) is 5.92 Å².